The molecule has 0 bridgehead atoms. The minimum Gasteiger partial charge on any atom is -0.448 e. The van der Waals surface area contributed by atoms with Gasteiger partial charge in [-0.3, -0.25) is 14.4 Å². The van der Waals surface area contributed by atoms with Crippen LogP contribution in [0.5, 0.6) is 0 Å². The molecule has 3 N–H and O–H groups in total. The first-order valence-electron chi connectivity index (χ1n) is 11.9. The largest absolute Gasteiger partial charge is 0.448 e. The molecule has 188 valence electrons. The van der Waals surface area contributed by atoms with Crippen LogP contribution in [0.4, 0.5) is 4.79 Å². The van der Waals surface area contributed by atoms with Gasteiger partial charge in [-0.25, -0.2) is 9.78 Å². The average Bonchev–Trinajstić information content (AvgIpc) is 3.28. The zero-order valence-corrected chi connectivity index (χ0v) is 20.0. The number of ether oxygens (including phenoxy) is 1. The number of aryl methyl sites for hydroxylation is 1. The van der Waals surface area contributed by atoms with Crippen LogP contribution in [-0.4, -0.2) is 47.3 Å². The molecular formula is C25H32N4O6. The Labute approximate surface area is 204 Å². The van der Waals surface area contributed by atoms with Crippen LogP contribution in [0.15, 0.2) is 41.1 Å². The summed E-state index contributed by atoms with van der Waals surface area (Å²) < 4.78 is 10.7. The van der Waals surface area contributed by atoms with E-state index < -0.39 is 35.8 Å². The Kier molecular flexibility index (Phi) is 9.39. The van der Waals surface area contributed by atoms with Crippen molar-refractivity contribution in [1.82, 2.24) is 20.9 Å². The van der Waals surface area contributed by atoms with Gasteiger partial charge >= 0.3 is 6.09 Å². The second-order valence-corrected chi connectivity index (χ2v) is 8.85. The van der Waals surface area contributed by atoms with Crippen LogP contribution in [0.2, 0.25) is 0 Å². The Morgan fingerprint density at radius 3 is 2.69 bits per heavy atom. The Balaban J connectivity index is 1.70. The predicted molar refractivity (Wildman–Crippen MR) is 126 cm³/mol. The summed E-state index contributed by atoms with van der Waals surface area (Å²) in [5.74, 6) is -1.81. The molecular weight excluding hydrogens is 452 g/mol. The number of Topliss-reactive ketones (excluding diaryl/α,β-unsaturated/α-hetero) is 1. The molecule has 1 aromatic heterocycles. The van der Waals surface area contributed by atoms with Crippen LogP contribution in [0.1, 0.15) is 50.1 Å². The number of nitrogens with one attached hydrogen (secondary N) is 3. The zero-order chi connectivity index (χ0) is 25.2. The van der Waals surface area contributed by atoms with E-state index in [2.05, 4.69) is 20.9 Å². The number of rotatable bonds is 6. The van der Waals surface area contributed by atoms with E-state index in [9.17, 15) is 19.2 Å². The monoisotopic (exact) mass is 484 g/mol. The molecule has 1 aromatic carbocycles. The van der Waals surface area contributed by atoms with Gasteiger partial charge in [-0.2, -0.15) is 0 Å². The van der Waals surface area contributed by atoms with Gasteiger partial charge in [-0.1, -0.05) is 50.6 Å². The summed E-state index contributed by atoms with van der Waals surface area (Å²) in [5, 5.41) is 7.82. The van der Waals surface area contributed by atoms with E-state index in [1.54, 1.807) is 13.8 Å². The standard InChI is InChI=1S/C25H32N4O6/c1-16(2)21(29-25(33)34-14-17-9-5-3-6-10-17)23(31)28-19-13-18-20(35-15-27-18)11-7-4-8-12-26-24(32)22(19)30/h3,5-6,9-10,15-16,19,21H,4,7-8,11-14H2,1-2H3,(H,26,32)(H,28,31)(H,29,33). The van der Waals surface area contributed by atoms with E-state index in [0.29, 0.717) is 24.4 Å². The SMILES string of the molecule is CC(C)C(NC(=O)OCc1ccccc1)C(=O)NC1Cc2ncoc2CCCCCNC(=O)C1=O. The second kappa shape index (κ2) is 12.7. The highest BCUT2D eigenvalue weighted by Gasteiger charge is 2.33. The fourth-order valence-corrected chi connectivity index (χ4v) is 3.79. The maximum atomic E-state index is 13.1. The van der Waals surface area contributed by atoms with Crippen LogP contribution in [0, 0.1) is 5.92 Å². The number of aromatic nitrogens is 1. The molecule has 0 aliphatic carbocycles. The third-order valence-electron chi connectivity index (χ3n) is 5.78. The molecule has 0 saturated heterocycles. The number of hydrogen-bond acceptors (Lipinski definition) is 7. The summed E-state index contributed by atoms with van der Waals surface area (Å²) in [5.41, 5.74) is 1.33. The minimum absolute atomic E-state index is 0.00704. The van der Waals surface area contributed by atoms with Gasteiger partial charge in [0.05, 0.1) is 5.69 Å². The molecule has 1 aliphatic heterocycles. The van der Waals surface area contributed by atoms with Crippen molar-refractivity contribution in [3.63, 3.8) is 0 Å². The van der Waals surface area contributed by atoms with Crippen molar-refractivity contribution < 1.29 is 28.3 Å². The van der Waals surface area contributed by atoms with Crippen molar-refractivity contribution >= 4 is 23.7 Å². The average molecular weight is 485 g/mol. The van der Waals surface area contributed by atoms with Crippen LogP contribution in [-0.2, 0) is 38.6 Å². The van der Waals surface area contributed by atoms with Gasteiger partial charge < -0.3 is 25.1 Å². The van der Waals surface area contributed by atoms with Crippen molar-refractivity contribution in [3.8, 4) is 0 Å². The number of fused-ring (bicyclic) bond motifs is 1. The molecule has 2 atom stereocenters. The lowest BCUT2D eigenvalue weighted by atomic mass is 9.99. The summed E-state index contributed by atoms with van der Waals surface area (Å²) in [4.78, 5) is 55.0. The first-order valence-corrected chi connectivity index (χ1v) is 11.9. The smallest absolute Gasteiger partial charge is 0.408 e. The molecule has 3 amide bonds. The van der Waals surface area contributed by atoms with Crippen LogP contribution in [0.25, 0.3) is 0 Å². The number of hydrogen-bond donors (Lipinski definition) is 3. The fraction of sp³-hybridized carbons (Fsp3) is 0.480. The lowest BCUT2D eigenvalue weighted by Crippen LogP contribution is -2.56. The third-order valence-corrected chi connectivity index (χ3v) is 5.78. The lowest BCUT2D eigenvalue weighted by Gasteiger charge is -2.24. The third kappa shape index (κ3) is 7.66. The van der Waals surface area contributed by atoms with E-state index in [1.807, 2.05) is 30.3 Å². The number of carbonyl (C=O) groups is 4. The van der Waals surface area contributed by atoms with Gasteiger partial charge in [-0.05, 0) is 24.3 Å². The maximum absolute atomic E-state index is 13.1. The number of benzene rings is 1. The van der Waals surface area contributed by atoms with Gasteiger partial charge in [0, 0.05) is 19.4 Å². The normalized spacial score (nSPS) is 17.9. The predicted octanol–water partition coefficient (Wildman–Crippen LogP) is 2.06. The number of alkyl carbamates (subject to hydrolysis) is 1. The molecule has 35 heavy (non-hydrogen) atoms. The van der Waals surface area contributed by atoms with Crippen LogP contribution >= 0.6 is 0 Å². The summed E-state index contributed by atoms with van der Waals surface area (Å²) in [6, 6.07) is 7.02. The molecule has 1 aliphatic rings. The molecule has 2 aromatic rings. The van der Waals surface area contributed by atoms with Gasteiger partial charge in [-0.15, -0.1) is 0 Å². The topological polar surface area (TPSA) is 140 Å². The number of ketones is 1. The van der Waals surface area contributed by atoms with Crippen LogP contribution < -0.4 is 16.0 Å². The number of carbonyl (C=O) groups excluding carboxylic acids is 4. The molecule has 3 rings (SSSR count). The van der Waals surface area contributed by atoms with E-state index in [1.165, 1.54) is 6.39 Å². The van der Waals surface area contributed by atoms with Crippen molar-refractivity contribution in [1.29, 1.82) is 0 Å². The van der Waals surface area contributed by atoms with Crippen molar-refractivity contribution in [2.75, 3.05) is 6.54 Å². The Bertz CT molecular complexity index is 1020. The molecule has 0 fully saturated rings. The number of nitrogens with zero attached hydrogens (tertiary/aromatic N) is 1. The summed E-state index contributed by atoms with van der Waals surface area (Å²) in [7, 11) is 0. The van der Waals surface area contributed by atoms with Gasteiger partial charge in [0.1, 0.15) is 24.5 Å². The Morgan fingerprint density at radius 2 is 1.94 bits per heavy atom. The fourth-order valence-electron chi connectivity index (χ4n) is 3.79. The van der Waals surface area contributed by atoms with E-state index in [4.69, 9.17) is 9.15 Å². The summed E-state index contributed by atoms with van der Waals surface area (Å²) in [6.45, 7) is 3.94. The molecule has 0 saturated carbocycles. The minimum atomic E-state index is -1.16. The first-order chi connectivity index (χ1) is 16.8. The molecule has 10 nitrogen and oxygen atoms in total. The molecule has 2 heterocycles. The quantitative estimate of drug-likeness (QED) is 0.533. The van der Waals surface area contributed by atoms with Gasteiger partial charge in [0.15, 0.2) is 6.39 Å². The highest BCUT2D eigenvalue weighted by atomic mass is 16.5. The summed E-state index contributed by atoms with van der Waals surface area (Å²) >= 11 is 0. The number of amides is 3. The van der Waals surface area contributed by atoms with Crippen molar-refractivity contribution in [2.45, 2.75) is 64.6 Å². The molecule has 0 spiro atoms. The van der Waals surface area contributed by atoms with Gasteiger partial charge in [0.2, 0.25) is 11.7 Å². The van der Waals surface area contributed by atoms with E-state index in [-0.39, 0.29) is 18.9 Å². The van der Waals surface area contributed by atoms with E-state index in [0.717, 1.165) is 24.8 Å². The molecule has 0 radical (unpaired) electrons. The summed E-state index contributed by atoms with van der Waals surface area (Å²) in [6.07, 6.45) is 3.65. The first kappa shape index (κ1) is 25.9. The molecule has 10 heteroatoms. The lowest BCUT2D eigenvalue weighted by molar-refractivity contribution is -0.140. The molecule has 2 unspecified atom stereocenters. The maximum Gasteiger partial charge on any atom is 0.408 e. The van der Waals surface area contributed by atoms with Crippen molar-refractivity contribution in [2.24, 2.45) is 5.92 Å². The second-order valence-electron chi connectivity index (χ2n) is 8.85. The van der Waals surface area contributed by atoms with Gasteiger partial charge in [0.25, 0.3) is 5.91 Å². The number of oxazole rings is 1. The van der Waals surface area contributed by atoms with E-state index >= 15 is 0 Å². The zero-order valence-electron chi connectivity index (χ0n) is 20.0. The van der Waals surface area contributed by atoms with Crippen molar-refractivity contribution in [3.05, 3.63) is 53.7 Å². The highest BCUT2D eigenvalue weighted by Crippen LogP contribution is 2.15. The Morgan fingerprint density at radius 1 is 1.17 bits per heavy atom. The van der Waals surface area contributed by atoms with Crippen LogP contribution in [0.3, 0.4) is 0 Å². The Hall–Kier alpha value is -3.69. The highest BCUT2D eigenvalue weighted by molar-refractivity contribution is 6.38.